The van der Waals surface area contributed by atoms with Crippen LogP contribution >= 0.6 is 31.9 Å². The van der Waals surface area contributed by atoms with Crippen molar-refractivity contribution in [2.24, 2.45) is 0 Å². The van der Waals surface area contributed by atoms with Gasteiger partial charge in [0.1, 0.15) is 4.60 Å². The second-order valence-electron chi connectivity index (χ2n) is 3.53. The Morgan fingerprint density at radius 2 is 2.06 bits per heavy atom. The minimum absolute atomic E-state index is 0.218. The van der Waals surface area contributed by atoms with E-state index in [1.165, 1.54) is 0 Å². The molecule has 0 aliphatic heterocycles. The summed E-state index contributed by atoms with van der Waals surface area (Å²) in [4.78, 5) is 16.0. The van der Waals surface area contributed by atoms with Gasteiger partial charge in [-0.05, 0) is 62.2 Å². The standard InChI is InChI=1S/C12H9Br2N3O/c13-8-6-7(3-4-9(8)15)12(18)17-10-2-1-5-16-11(10)14/h1-6H,15H2,(H,17,18). The predicted molar refractivity (Wildman–Crippen MR) is 78.4 cm³/mol. The summed E-state index contributed by atoms with van der Waals surface area (Å²) >= 11 is 6.56. The number of nitrogens with zero attached hydrogens (tertiary/aromatic N) is 1. The van der Waals surface area contributed by atoms with E-state index in [2.05, 4.69) is 42.2 Å². The number of carbonyl (C=O) groups is 1. The monoisotopic (exact) mass is 369 g/mol. The molecule has 0 unspecified atom stereocenters. The number of rotatable bonds is 2. The van der Waals surface area contributed by atoms with Crippen LogP contribution in [0.3, 0.4) is 0 Å². The van der Waals surface area contributed by atoms with Crippen LogP contribution in [0.5, 0.6) is 0 Å². The quantitative estimate of drug-likeness (QED) is 0.628. The number of pyridine rings is 1. The van der Waals surface area contributed by atoms with Crippen LogP contribution in [0.25, 0.3) is 0 Å². The Balaban J connectivity index is 2.22. The van der Waals surface area contributed by atoms with Crippen molar-refractivity contribution in [1.29, 1.82) is 0 Å². The van der Waals surface area contributed by atoms with E-state index in [1.807, 2.05) is 0 Å². The fourth-order valence-corrected chi connectivity index (χ4v) is 2.07. The summed E-state index contributed by atoms with van der Waals surface area (Å²) in [6.45, 7) is 0. The zero-order valence-electron chi connectivity index (χ0n) is 9.15. The maximum Gasteiger partial charge on any atom is 0.255 e. The van der Waals surface area contributed by atoms with Gasteiger partial charge >= 0.3 is 0 Å². The molecule has 0 saturated heterocycles. The number of hydrogen-bond acceptors (Lipinski definition) is 3. The van der Waals surface area contributed by atoms with Crippen LogP contribution in [0.1, 0.15) is 10.4 Å². The summed E-state index contributed by atoms with van der Waals surface area (Å²) in [5.41, 5.74) is 7.40. The number of amides is 1. The van der Waals surface area contributed by atoms with Crippen LogP contribution in [-0.2, 0) is 0 Å². The van der Waals surface area contributed by atoms with Crippen LogP contribution in [0, 0.1) is 0 Å². The average molecular weight is 371 g/mol. The highest BCUT2D eigenvalue weighted by Gasteiger charge is 2.09. The van der Waals surface area contributed by atoms with Crippen molar-refractivity contribution in [1.82, 2.24) is 4.98 Å². The van der Waals surface area contributed by atoms with E-state index in [4.69, 9.17) is 5.73 Å². The number of anilines is 2. The van der Waals surface area contributed by atoms with Gasteiger partial charge in [-0.1, -0.05) is 0 Å². The SMILES string of the molecule is Nc1ccc(C(=O)Nc2cccnc2Br)cc1Br. The number of halogens is 2. The summed E-state index contributed by atoms with van der Waals surface area (Å²) in [6.07, 6.45) is 1.64. The Labute approximate surface area is 121 Å². The molecule has 6 heteroatoms. The first-order chi connectivity index (χ1) is 8.58. The number of carbonyl (C=O) groups excluding carboxylic acids is 1. The highest BCUT2D eigenvalue weighted by Crippen LogP contribution is 2.22. The van der Waals surface area contributed by atoms with Crippen LogP contribution in [0.15, 0.2) is 45.6 Å². The minimum Gasteiger partial charge on any atom is -0.398 e. The first-order valence-corrected chi connectivity index (χ1v) is 6.63. The Bertz CT molecular complexity index is 602. The van der Waals surface area contributed by atoms with Gasteiger partial charge in [0.2, 0.25) is 0 Å². The maximum absolute atomic E-state index is 12.0. The van der Waals surface area contributed by atoms with E-state index in [1.54, 1.807) is 36.5 Å². The molecule has 0 fully saturated rings. The molecule has 0 aliphatic rings. The molecule has 3 N–H and O–H groups in total. The normalized spacial score (nSPS) is 10.1. The molecule has 0 bridgehead atoms. The van der Waals surface area contributed by atoms with Crippen LogP contribution in [0.4, 0.5) is 11.4 Å². The molecule has 1 aromatic heterocycles. The van der Waals surface area contributed by atoms with Crippen molar-refractivity contribution in [3.05, 3.63) is 51.2 Å². The van der Waals surface area contributed by atoms with Crippen molar-refractivity contribution < 1.29 is 4.79 Å². The van der Waals surface area contributed by atoms with E-state index in [-0.39, 0.29) is 5.91 Å². The predicted octanol–water partition coefficient (Wildman–Crippen LogP) is 3.44. The third kappa shape index (κ3) is 2.88. The number of aromatic nitrogens is 1. The topological polar surface area (TPSA) is 68.0 Å². The second kappa shape index (κ2) is 5.49. The molecule has 0 radical (unpaired) electrons. The molecule has 0 aliphatic carbocycles. The smallest absolute Gasteiger partial charge is 0.255 e. The first kappa shape index (κ1) is 13.0. The van der Waals surface area contributed by atoms with Crippen molar-refractivity contribution in [2.45, 2.75) is 0 Å². The maximum atomic E-state index is 12.0. The molecule has 2 rings (SSSR count). The van der Waals surface area contributed by atoms with Crippen LogP contribution < -0.4 is 11.1 Å². The molecule has 1 aromatic carbocycles. The highest BCUT2D eigenvalue weighted by atomic mass is 79.9. The van der Waals surface area contributed by atoms with Crippen molar-refractivity contribution >= 4 is 49.1 Å². The summed E-state index contributed by atoms with van der Waals surface area (Å²) in [7, 11) is 0. The lowest BCUT2D eigenvalue weighted by molar-refractivity contribution is 0.102. The number of benzene rings is 1. The van der Waals surface area contributed by atoms with E-state index < -0.39 is 0 Å². The zero-order chi connectivity index (χ0) is 13.1. The number of nitrogens with one attached hydrogen (secondary N) is 1. The summed E-state index contributed by atoms with van der Waals surface area (Å²) in [6, 6.07) is 8.53. The molecule has 18 heavy (non-hydrogen) atoms. The van der Waals surface area contributed by atoms with Crippen molar-refractivity contribution in [3.63, 3.8) is 0 Å². The lowest BCUT2D eigenvalue weighted by Gasteiger charge is -2.07. The van der Waals surface area contributed by atoms with E-state index in [9.17, 15) is 4.79 Å². The zero-order valence-corrected chi connectivity index (χ0v) is 12.3. The minimum atomic E-state index is -0.218. The van der Waals surface area contributed by atoms with Gasteiger partial charge < -0.3 is 11.1 Å². The van der Waals surface area contributed by atoms with Crippen molar-refractivity contribution in [2.75, 3.05) is 11.1 Å². The fraction of sp³-hybridized carbons (Fsp3) is 0. The molecular weight excluding hydrogens is 362 g/mol. The molecule has 92 valence electrons. The Morgan fingerprint density at radius 3 is 2.72 bits per heavy atom. The van der Waals surface area contributed by atoms with Gasteiger partial charge in [0.25, 0.3) is 5.91 Å². The lowest BCUT2D eigenvalue weighted by Crippen LogP contribution is -2.12. The molecule has 4 nitrogen and oxygen atoms in total. The van der Waals surface area contributed by atoms with Gasteiger partial charge in [-0.3, -0.25) is 4.79 Å². The third-order valence-corrected chi connectivity index (χ3v) is 3.59. The summed E-state index contributed by atoms with van der Waals surface area (Å²) in [5.74, 6) is -0.218. The molecule has 0 spiro atoms. The Hall–Kier alpha value is -1.40. The van der Waals surface area contributed by atoms with E-state index >= 15 is 0 Å². The fourth-order valence-electron chi connectivity index (χ4n) is 1.34. The number of hydrogen-bond donors (Lipinski definition) is 2. The van der Waals surface area contributed by atoms with Crippen LogP contribution in [0.2, 0.25) is 0 Å². The Kier molecular flexibility index (Phi) is 3.98. The van der Waals surface area contributed by atoms with E-state index in [0.29, 0.717) is 26.0 Å². The van der Waals surface area contributed by atoms with Crippen molar-refractivity contribution in [3.8, 4) is 0 Å². The molecule has 0 atom stereocenters. The molecule has 0 saturated carbocycles. The number of nitrogens with two attached hydrogens (primary N) is 1. The van der Waals surface area contributed by atoms with Gasteiger partial charge in [-0.25, -0.2) is 4.98 Å². The van der Waals surface area contributed by atoms with Gasteiger partial charge in [0.05, 0.1) is 5.69 Å². The highest BCUT2D eigenvalue weighted by molar-refractivity contribution is 9.10. The van der Waals surface area contributed by atoms with E-state index in [0.717, 1.165) is 0 Å². The molecule has 1 amide bonds. The van der Waals surface area contributed by atoms with Gasteiger partial charge in [-0.2, -0.15) is 0 Å². The second-order valence-corrected chi connectivity index (χ2v) is 5.14. The molecular formula is C12H9Br2N3O. The van der Waals surface area contributed by atoms with Gasteiger partial charge in [0, 0.05) is 21.9 Å². The third-order valence-electron chi connectivity index (χ3n) is 2.27. The lowest BCUT2D eigenvalue weighted by atomic mass is 10.2. The summed E-state index contributed by atoms with van der Waals surface area (Å²) in [5, 5.41) is 2.76. The Morgan fingerprint density at radius 1 is 1.28 bits per heavy atom. The summed E-state index contributed by atoms with van der Waals surface area (Å²) < 4.78 is 1.29. The van der Waals surface area contributed by atoms with Crippen LogP contribution in [-0.4, -0.2) is 10.9 Å². The molecule has 2 aromatic rings. The first-order valence-electron chi connectivity index (χ1n) is 5.05. The average Bonchev–Trinajstić information content (AvgIpc) is 2.35. The van der Waals surface area contributed by atoms with Gasteiger partial charge in [0.15, 0.2) is 0 Å². The molecule has 1 heterocycles. The number of nitrogen functional groups attached to an aromatic ring is 1. The largest absolute Gasteiger partial charge is 0.398 e. The van der Waals surface area contributed by atoms with Gasteiger partial charge in [-0.15, -0.1) is 0 Å².